The van der Waals surface area contributed by atoms with E-state index in [1.165, 1.54) is 0 Å². The second kappa shape index (κ2) is 6.61. The van der Waals surface area contributed by atoms with Crippen LogP contribution in [0.5, 0.6) is 0 Å². The average Bonchev–Trinajstić information content (AvgIpc) is 2.31. The molecule has 0 radical (unpaired) electrons. The van der Waals surface area contributed by atoms with Gasteiger partial charge in [0.1, 0.15) is 0 Å². The average molecular weight is 300 g/mol. The number of nitrogens with one attached hydrogen (secondary N) is 1. The summed E-state index contributed by atoms with van der Waals surface area (Å²) in [4.78, 5) is 13.2. The number of rotatable bonds is 5. The van der Waals surface area contributed by atoms with Gasteiger partial charge in [-0.3, -0.25) is 4.79 Å². The Morgan fingerprint density at radius 3 is 2.82 bits per heavy atom. The highest BCUT2D eigenvalue weighted by Crippen LogP contribution is 2.23. The fraction of sp³-hybridized carbons (Fsp3) is 0.417. The van der Waals surface area contributed by atoms with Crippen LogP contribution in [0.25, 0.3) is 0 Å². The summed E-state index contributed by atoms with van der Waals surface area (Å²) in [5.41, 5.74) is 7.75. The number of hydrogen-bond acceptors (Lipinski definition) is 3. The van der Waals surface area contributed by atoms with Crippen LogP contribution in [0.4, 0.5) is 5.69 Å². The molecule has 17 heavy (non-hydrogen) atoms. The monoisotopic (exact) mass is 299 g/mol. The minimum atomic E-state index is 0.0527. The van der Waals surface area contributed by atoms with E-state index in [1.54, 1.807) is 7.05 Å². The SMILES string of the molecule is CNC(=O)CCN(C)Cc1c(N)cccc1Br. The van der Waals surface area contributed by atoms with Gasteiger partial charge in [0.15, 0.2) is 0 Å². The van der Waals surface area contributed by atoms with Crippen molar-refractivity contribution in [1.82, 2.24) is 10.2 Å². The first kappa shape index (κ1) is 14.0. The number of nitrogens with two attached hydrogens (primary N) is 1. The summed E-state index contributed by atoms with van der Waals surface area (Å²) in [7, 11) is 3.62. The largest absolute Gasteiger partial charge is 0.398 e. The van der Waals surface area contributed by atoms with E-state index in [0.717, 1.165) is 22.3 Å². The third kappa shape index (κ3) is 4.36. The maximum Gasteiger partial charge on any atom is 0.221 e. The molecule has 1 aromatic rings. The second-order valence-electron chi connectivity index (χ2n) is 3.97. The molecule has 0 aliphatic heterocycles. The Kier molecular flexibility index (Phi) is 5.44. The van der Waals surface area contributed by atoms with Crippen LogP contribution < -0.4 is 11.1 Å². The van der Waals surface area contributed by atoms with Crippen molar-refractivity contribution in [2.75, 3.05) is 26.4 Å². The first-order valence-corrected chi connectivity index (χ1v) is 6.26. The number of halogens is 1. The molecule has 0 fully saturated rings. The number of anilines is 1. The van der Waals surface area contributed by atoms with E-state index in [1.807, 2.05) is 25.2 Å². The van der Waals surface area contributed by atoms with Crippen LogP contribution in [0.1, 0.15) is 12.0 Å². The first-order chi connectivity index (χ1) is 8.04. The van der Waals surface area contributed by atoms with Crippen molar-refractivity contribution in [3.8, 4) is 0 Å². The fourth-order valence-electron chi connectivity index (χ4n) is 1.51. The number of hydrogen-bond donors (Lipinski definition) is 2. The number of benzene rings is 1. The highest BCUT2D eigenvalue weighted by molar-refractivity contribution is 9.10. The number of amides is 1. The Hall–Kier alpha value is -1.07. The molecule has 0 aliphatic rings. The zero-order valence-electron chi connectivity index (χ0n) is 10.2. The maximum atomic E-state index is 11.1. The Labute approximate surface area is 110 Å². The zero-order chi connectivity index (χ0) is 12.8. The van der Waals surface area contributed by atoms with Gasteiger partial charge in [-0.25, -0.2) is 0 Å². The van der Waals surface area contributed by atoms with Crippen LogP contribution in [0.3, 0.4) is 0 Å². The van der Waals surface area contributed by atoms with Gasteiger partial charge in [-0.15, -0.1) is 0 Å². The lowest BCUT2D eigenvalue weighted by Gasteiger charge is -2.18. The highest BCUT2D eigenvalue weighted by atomic mass is 79.9. The van der Waals surface area contributed by atoms with Crippen LogP contribution in [-0.2, 0) is 11.3 Å². The van der Waals surface area contributed by atoms with Gasteiger partial charge in [0, 0.05) is 42.3 Å². The predicted octanol–water partition coefficient (Wildman–Crippen LogP) is 1.60. The molecule has 1 amide bonds. The van der Waals surface area contributed by atoms with Crippen molar-refractivity contribution < 1.29 is 4.79 Å². The Bertz CT molecular complexity index is 375. The summed E-state index contributed by atoms with van der Waals surface area (Å²) >= 11 is 3.48. The molecule has 0 atom stereocenters. The molecule has 0 heterocycles. The summed E-state index contributed by atoms with van der Waals surface area (Å²) in [6.45, 7) is 1.44. The van der Waals surface area contributed by atoms with Gasteiger partial charge >= 0.3 is 0 Å². The van der Waals surface area contributed by atoms with Crippen molar-refractivity contribution in [2.45, 2.75) is 13.0 Å². The molecular formula is C12H18BrN3O. The number of carbonyl (C=O) groups is 1. The van der Waals surface area contributed by atoms with E-state index in [0.29, 0.717) is 13.0 Å². The van der Waals surface area contributed by atoms with E-state index in [9.17, 15) is 4.79 Å². The minimum absolute atomic E-state index is 0.0527. The minimum Gasteiger partial charge on any atom is -0.398 e. The van der Waals surface area contributed by atoms with Crippen LogP contribution in [0, 0.1) is 0 Å². The molecule has 1 rings (SSSR count). The Morgan fingerprint density at radius 2 is 2.24 bits per heavy atom. The van der Waals surface area contributed by atoms with E-state index in [-0.39, 0.29) is 5.91 Å². The van der Waals surface area contributed by atoms with E-state index < -0.39 is 0 Å². The van der Waals surface area contributed by atoms with Gasteiger partial charge in [0.25, 0.3) is 0 Å². The summed E-state index contributed by atoms with van der Waals surface area (Å²) in [6.07, 6.45) is 0.497. The molecule has 3 N–H and O–H groups in total. The summed E-state index contributed by atoms with van der Waals surface area (Å²) in [5.74, 6) is 0.0527. The summed E-state index contributed by atoms with van der Waals surface area (Å²) in [5, 5.41) is 2.61. The third-order valence-corrected chi connectivity index (χ3v) is 3.33. The van der Waals surface area contributed by atoms with Gasteiger partial charge in [0.2, 0.25) is 5.91 Å². The van der Waals surface area contributed by atoms with Crippen molar-refractivity contribution in [2.24, 2.45) is 0 Å². The molecule has 0 saturated carbocycles. The predicted molar refractivity (Wildman–Crippen MR) is 73.6 cm³/mol. The fourth-order valence-corrected chi connectivity index (χ4v) is 2.02. The normalized spacial score (nSPS) is 10.6. The van der Waals surface area contributed by atoms with Crippen LogP contribution >= 0.6 is 15.9 Å². The number of carbonyl (C=O) groups excluding carboxylic acids is 1. The first-order valence-electron chi connectivity index (χ1n) is 5.46. The Morgan fingerprint density at radius 1 is 1.53 bits per heavy atom. The van der Waals surface area contributed by atoms with Crippen molar-refractivity contribution in [1.29, 1.82) is 0 Å². The molecular weight excluding hydrogens is 282 g/mol. The zero-order valence-corrected chi connectivity index (χ0v) is 11.8. The second-order valence-corrected chi connectivity index (χ2v) is 4.82. The van der Waals surface area contributed by atoms with Crippen LogP contribution in [0.15, 0.2) is 22.7 Å². The van der Waals surface area contributed by atoms with Gasteiger partial charge < -0.3 is 16.0 Å². The smallest absolute Gasteiger partial charge is 0.221 e. The lowest BCUT2D eigenvalue weighted by atomic mass is 10.1. The molecule has 5 heteroatoms. The number of nitrogen functional groups attached to an aromatic ring is 1. The highest BCUT2D eigenvalue weighted by Gasteiger charge is 2.08. The van der Waals surface area contributed by atoms with Gasteiger partial charge in [-0.05, 0) is 19.2 Å². The lowest BCUT2D eigenvalue weighted by Crippen LogP contribution is -2.26. The quantitative estimate of drug-likeness (QED) is 0.812. The van der Waals surface area contributed by atoms with E-state index in [2.05, 4.69) is 26.1 Å². The topological polar surface area (TPSA) is 58.4 Å². The molecule has 0 unspecified atom stereocenters. The van der Waals surface area contributed by atoms with Crippen LogP contribution in [-0.4, -0.2) is 31.4 Å². The van der Waals surface area contributed by atoms with Gasteiger partial charge in [-0.2, -0.15) is 0 Å². The molecule has 94 valence electrons. The molecule has 0 saturated heterocycles. The van der Waals surface area contributed by atoms with Crippen LogP contribution in [0.2, 0.25) is 0 Å². The van der Waals surface area contributed by atoms with Crippen molar-refractivity contribution in [3.63, 3.8) is 0 Å². The summed E-state index contributed by atoms with van der Waals surface area (Å²) in [6, 6.07) is 5.76. The standard InChI is InChI=1S/C12H18BrN3O/c1-15-12(17)6-7-16(2)8-9-10(13)4-3-5-11(9)14/h3-5H,6-8,14H2,1-2H3,(H,15,17). The van der Waals surface area contributed by atoms with Gasteiger partial charge in [-0.1, -0.05) is 22.0 Å². The van der Waals surface area contributed by atoms with Gasteiger partial charge in [0.05, 0.1) is 0 Å². The number of nitrogens with zero attached hydrogens (tertiary/aromatic N) is 1. The Balaban J connectivity index is 2.56. The summed E-state index contributed by atoms with van der Waals surface area (Å²) < 4.78 is 1.00. The lowest BCUT2D eigenvalue weighted by molar-refractivity contribution is -0.120. The molecule has 1 aromatic carbocycles. The molecule has 4 nitrogen and oxygen atoms in total. The molecule has 0 bridgehead atoms. The third-order valence-electron chi connectivity index (χ3n) is 2.58. The molecule has 0 spiro atoms. The van der Waals surface area contributed by atoms with Crippen molar-refractivity contribution >= 4 is 27.5 Å². The van der Waals surface area contributed by atoms with Crippen molar-refractivity contribution in [3.05, 3.63) is 28.2 Å². The maximum absolute atomic E-state index is 11.1. The van der Waals surface area contributed by atoms with E-state index >= 15 is 0 Å². The molecule has 0 aliphatic carbocycles. The van der Waals surface area contributed by atoms with E-state index in [4.69, 9.17) is 5.73 Å². The molecule has 0 aromatic heterocycles.